The number of aromatic nitrogens is 2. The first kappa shape index (κ1) is 16.5. The maximum absolute atomic E-state index is 12.6. The van der Waals surface area contributed by atoms with Crippen LogP contribution in [0.4, 0.5) is 10.5 Å². The van der Waals surface area contributed by atoms with E-state index in [0.717, 1.165) is 11.0 Å². The number of fused-ring (bicyclic) bond motifs is 1. The summed E-state index contributed by atoms with van der Waals surface area (Å²) in [5.74, 6) is 0.537. The van der Waals surface area contributed by atoms with Crippen molar-refractivity contribution in [2.75, 3.05) is 19.5 Å². The van der Waals surface area contributed by atoms with Gasteiger partial charge >= 0.3 is 6.09 Å². The first-order chi connectivity index (χ1) is 12.1. The molecule has 0 fully saturated rings. The Morgan fingerprint density at radius 3 is 2.76 bits per heavy atom. The lowest BCUT2D eigenvalue weighted by atomic mass is 10.2. The number of ether oxygens (including phenoxy) is 1. The van der Waals surface area contributed by atoms with Gasteiger partial charge in [0.2, 0.25) is 0 Å². The quantitative estimate of drug-likeness (QED) is 0.765. The van der Waals surface area contributed by atoms with E-state index in [1.807, 2.05) is 24.3 Å². The Hall–Kier alpha value is -3.35. The summed E-state index contributed by atoms with van der Waals surface area (Å²) in [7, 11) is 2.99. The van der Waals surface area contributed by atoms with Gasteiger partial charge in [-0.3, -0.25) is 10.1 Å². The number of methoxy groups -OCH3 is 1. The van der Waals surface area contributed by atoms with Crippen molar-refractivity contribution in [2.45, 2.75) is 6.54 Å². The number of imidazole rings is 1. The second-order valence-electron chi connectivity index (χ2n) is 5.56. The van der Waals surface area contributed by atoms with E-state index in [1.165, 1.54) is 7.11 Å². The lowest BCUT2D eigenvalue weighted by Gasteiger charge is -2.16. The highest BCUT2D eigenvalue weighted by atomic mass is 16.5. The number of nitrogens with one attached hydrogen (secondary N) is 2. The third kappa shape index (κ3) is 3.77. The number of rotatable bonds is 4. The number of H-pyrrole nitrogens is 1. The van der Waals surface area contributed by atoms with Gasteiger partial charge in [0.1, 0.15) is 5.82 Å². The van der Waals surface area contributed by atoms with Gasteiger partial charge in [0.05, 0.1) is 24.7 Å². The number of amides is 2. The van der Waals surface area contributed by atoms with Gasteiger partial charge in [0, 0.05) is 18.3 Å². The van der Waals surface area contributed by atoms with Gasteiger partial charge in [-0.25, -0.2) is 9.78 Å². The van der Waals surface area contributed by atoms with Gasteiger partial charge in [0.15, 0.2) is 0 Å². The normalized spacial score (nSPS) is 10.5. The zero-order valence-corrected chi connectivity index (χ0v) is 13.9. The van der Waals surface area contributed by atoms with Crippen LogP contribution in [0, 0.1) is 0 Å². The van der Waals surface area contributed by atoms with Crippen molar-refractivity contribution in [1.29, 1.82) is 0 Å². The molecule has 0 radical (unpaired) electrons. The Morgan fingerprint density at radius 1 is 1.20 bits per heavy atom. The van der Waals surface area contributed by atoms with E-state index in [0.29, 0.717) is 23.6 Å². The van der Waals surface area contributed by atoms with Gasteiger partial charge in [-0.1, -0.05) is 18.2 Å². The Morgan fingerprint density at radius 2 is 2.00 bits per heavy atom. The van der Waals surface area contributed by atoms with E-state index in [1.54, 1.807) is 36.2 Å². The second-order valence-corrected chi connectivity index (χ2v) is 5.56. The molecule has 0 bridgehead atoms. The monoisotopic (exact) mass is 338 g/mol. The molecule has 7 heteroatoms. The number of hydrogen-bond acceptors (Lipinski definition) is 4. The number of aromatic amines is 1. The highest BCUT2D eigenvalue weighted by Crippen LogP contribution is 2.15. The van der Waals surface area contributed by atoms with E-state index in [9.17, 15) is 9.59 Å². The fourth-order valence-corrected chi connectivity index (χ4v) is 2.50. The summed E-state index contributed by atoms with van der Waals surface area (Å²) in [5.41, 5.74) is 2.76. The molecule has 0 atom stereocenters. The summed E-state index contributed by atoms with van der Waals surface area (Å²) in [5, 5.41) is 2.54. The molecule has 128 valence electrons. The zero-order valence-electron chi connectivity index (χ0n) is 13.9. The average Bonchev–Trinajstić information content (AvgIpc) is 3.03. The van der Waals surface area contributed by atoms with E-state index in [2.05, 4.69) is 20.0 Å². The predicted molar refractivity (Wildman–Crippen MR) is 94.4 cm³/mol. The van der Waals surface area contributed by atoms with Crippen LogP contribution in [0.1, 0.15) is 16.2 Å². The molecule has 2 amide bonds. The summed E-state index contributed by atoms with van der Waals surface area (Å²) in [6.07, 6.45) is -0.583. The lowest BCUT2D eigenvalue weighted by Crippen LogP contribution is -2.26. The molecule has 0 aliphatic rings. The Labute approximate surface area is 144 Å². The zero-order chi connectivity index (χ0) is 17.8. The third-order valence-corrected chi connectivity index (χ3v) is 3.71. The summed E-state index contributed by atoms with van der Waals surface area (Å²) >= 11 is 0. The van der Waals surface area contributed by atoms with Crippen LogP contribution in [-0.2, 0) is 11.3 Å². The topological polar surface area (TPSA) is 87.3 Å². The predicted octanol–water partition coefficient (Wildman–Crippen LogP) is 3.01. The maximum atomic E-state index is 12.6. The van der Waals surface area contributed by atoms with Gasteiger partial charge in [-0.2, -0.15) is 0 Å². The molecule has 0 spiro atoms. The molecule has 1 aromatic heterocycles. The number of anilines is 1. The van der Waals surface area contributed by atoms with E-state index >= 15 is 0 Å². The molecule has 7 nitrogen and oxygen atoms in total. The number of nitrogens with zero attached hydrogens (tertiary/aromatic N) is 2. The van der Waals surface area contributed by atoms with E-state index < -0.39 is 6.09 Å². The molecule has 25 heavy (non-hydrogen) atoms. The highest BCUT2D eigenvalue weighted by Gasteiger charge is 2.15. The van der Waals surface area contributed by atoms with Crippen LogP contribution < -0.4 is 5.32 Å². The second kappa shape index (κ2) is 7.04. The van der Waals surface area contributed by atoms with Crippen LogP contribution in [0.2, 0.25) is 0 Å². The number of hydrogen-bond donors (Lipinski definition) is 2. The molecule has 0 saturated heterocycles. The summed E-state index contributed by atoms with van der Waals surface area (Å²) in [6.45, 7) is 0.349. The minimum absolute atomic E-state index is 0.172. The van der Waals surface area contributed by atoms with Crippen molar-refractivity contribution in [3.8, 4) is 0 Å². The SMILES string of the molecule is COC(=O)Nc1cccc(C(=O)N(C)Cc2nc3ccccc3[nH]2)c1. The standard InChI is InChI=1S/C18H18N4O3/c1-22(11-16-20-14-8-3-4-9-15(14)21-16)17(23)12-6-5-7-13(10-12)19-18(24)25-2/h3-10H,11H2,1-2H3,(H,19,24)(H,20,21). The van der Waals surface area contributed by atoms with Crippen LogP contribution in [0.25, 0.3) is 11.0 Å². The number of carbonyl (C=O) groups is 2. The summed E-state index contributed by atoms with van der Waals surface area (Å²) in [6, 6.07) is 14.4. The molecule has 3 aromatic rings. The molecule has 2 aromatic carbocycles. The fraction of sp³-hybridized carbons (Fsp3) is 0.167. The Bertz CT molecular complexity index is 886. The van der Waals surface area contributed by atoms with Crippen LogP contribution in [0.5, 0.6) is 0 Å². The molecular formula is C18H18N4O3. The number of carbonyl (C=O) groups excluding carboxylic acids is 2. The molecule has 1 heterocycles. The largest absolute Gasteiger partial charge is 0.453 e. The smallest absolute Gasteiger partial charge is 0.411 e. The maximum Gasteiger partial charge on any atom is 0.411 e. The molecular weight excluding hydrogens is 320 g/mol. The van der Waals surface area contributed by atoms with Crippen molar-refractivity contribution < 1.29 is 14.3 Å². The van der Waals surface area contributed by atoms with Crippen molar-refractivity contribution in [3.63, 3.8) is 0 Å². The van der Waals surface area contributed by atoms with Crippen molar-refractivity contribution in [1.82, 2.24) is 14.9 Å². The van der Waals surface area contributed by atoms with Crippen LogP contribution in [-0.4, -0.2) is 41.0 Å². The van der Waals surface area contributed by atoms with Crippen molar-refractivity contribution >= 4 is 28.7 Å². The number of para-hydroxylation sites is 2. The molecule has 3 rings (SSSR count). The Balaban J connectivity index is 1.73. The van der Waals surface area contributed by atoms with E-state index in [-0.39, 0.29) is 5.91 Å². The fourth-order valence-electron chi connectivity index (χ4n) is 2.50. The molecule has 2 N–H and O–H groups in total. The van der Waals surface area contributed by atoms with Gasteiger partial charge in [0.25, 0.3) is 5.91 Å². The van der Waals surface area contributed by atoms with Crippen molar-refractivity contribution in [3.05, 3.63) is 59.9 Å². The lowest BCUT2D eigenvalue weighted by molar-refractivity contribution is 0.0782. The van der Waals surface area contributed by atoms with Crippen LogP contribution in [0.15, 0.2) is 48.5 Å². The van der Waals surface area contributed by atoms with Gasteiger partial charge < -0.3 is 14.6 Å². The van der Waals surface area contributed by atoms with E-state index in [4.69, 9.17) is 0 Å². The first-order valence-corrected chi connectivity index (χ1v) is 7.71. The highest BCUT2D eigenvalue weighted by molar-refractivity contribution is 5.96. The van der Waals surface area contributed by atoms with Gasteiger partial charge in [-0.05, 0) is 30.3 Å². The number of benzene rings is 2. The Kier molecular flexibility index (Phi) is 4.65. The minimum Gasteiger partial charge on any atom is -0.453 e. The van der Waals surface area contributed by atoms with Crippen LogP contribution in [0.3, 0.4) is 0 Å². The third-order valence-electron chi connectivity index (χ3n) is 3.71. The molecule has 0 aliphatic heterocycles. The molecule has 0 unspecified atom stereocenters. The van der Waals surface area contributed by atoms with Gasteiger partial charge in [-0.15, -0.1) is 0 Å². The summed E-state index contributed by atoms with van der Waals surface area (Å²) in [4.78, 5) is 33.1. The van der Waals surface area contributed by atoms with Crippen molar-refractivity contribution in [2.24, 2.45) is 0 Å². The average molecular weight is 338 g/mol. The molecule has 0 aliphatic carbocycles. The molecule has 0 saturated carbocycles. The summed E-state index contributed by atoms with van der Waals surface area (Å²) < 4.78 is 4.55. The van der Waals surface area contributed by atoms with Crippen LogP contribution >= 0.6 is 0 Å². The minimum atomic E-state index is -0.583. The first-order valence-electron chi connectivity index (χ1n) is 7.71.